The summed E-state index contributed by atoms with van der Waals surface area (Å²) in [6.07, 6.45) is 1.41. The summed E-state index contributed by atoms with van der Waals surface area (Å²) in [4.78, 5) is 12.8. The third kappa shape index (κ3) is 3.99. The lowest BCUT2D eigenvalue weighted by molar-refractivity contribution is 0.195. The number of benzene rings is 1. The number of amides is 2. The van der Waals surface area contributed by atoms with E-state index in [1.807, 2.05) is 0 Å². The molecule has 1 aromatic carbocycles. The van der Waals surface area contributed by atoms with Crippen LogP contribution in [0.15, 0.2) is 24.8 Å². The Bertz CT molecular complexity index is 480. The van der Waals surface area contributed by atoms with Crippen LogP contribution in [0.3, 0.4) is 0 Å². The number of nitrogens with one attached hydrogen (secondary N) is 1. The van der Waals surface area contributed by atoms with Gasteiger partial charge in [0.15, 0.2) is 11.6 Å². The summed E-state index contributed by atoms with van der Waals surface area (Å²) in [6, 6.07) is 0.140. The zero-order chi connectivity index (χ0) is 14.4. The zero-order valence-corrected chi connectivity index (χ0v) is 10.00. The molecule has 0 aliphatic heterocycles. The Balaban J connectivity index is 2.85. The number of carbonyl (C=O) groups excluding carboxylic acids is 1. The molecular weight excluding hydrogens is 261 g/mol. The summed E-state index contributed by atoms with van der Waals surface area (Å²) in [5.41, 5.74) is -0.476. The van der Waals surface area contributed by atoms with Gasteiger partial charge >= 0.3 is 6.03 Å². The smallest absolute Gasteiger partial charge is 0.322 e. The molecule has 0 aromatic heterocycles. The molecule has 0 bridgehead atoms. The third-order valence-corrected chi connectivity index (χ3v) is 2.26. The van der Waals surface area contributed by atoms with E-state index in [1.165, 1.54) is 6.08 Å². The largest absolute Gasteiger partial charge is 0.395 e. The van der Waals surface area contributed by atoms with Gasteiger partial charge in [0.05, 0.1) is 12.3 Å². The summed E-state index contributed by atoms with van der Waals surface area (Å²) < 4.78 is 39.0. The van der Waals surface area contributed by atoms with Crippen molar-refractivity contribution in [3.05, 3.63) is 42.2 Å². The van der Waals surface area contributed by atoms with Crippen LogP contribution in [0.25, 0.3) is 0 Å². The van der Waals surface area contributed by atoms with Gasteiger partial charge in [0.1, 0.15) is 5.82 Å². The van der Waals surface area contributed by atoms with E-state index in [1.54, 1.807) is 0 Å². The van der Waals surface area contributed by atoms with E-state index in [2.05, 4.69) is 11.9 Å². The average Bonchev–Trinajstić information content (AvgIpc) is 2.35. The van der Waals surface area contributed by atoms with E-state index in [0.29, 0.717) is 12.1 Å². The highest BCUT2D eigenvalue weighted by Crippen LogP contribution is 2.18. The molecule has 2 N–H and O–H groups in total. The third-order valence-electron chi connectivity index (χ3n) is 2.26. The van der Waals surface area contributed by atoms with E-state index in [0.717, 1.165) is 4.90 Å². The van der Waals surface area contributed by atoms with Crippen molar-refractivity contribution in [2.45, 2.75) is 0 Å². The van der Waals surface area contributed by atoms with Crippen molar-refractivity contribution in [1.82, 2.24) is 4.90 Å². The predicted molar refractivity (Wildman–Crippen MR) is 64.2 cm³/mol. The number of halogens is 3. The maximum atomic E-state index is 13.3. The van der Waals surface area contributed by atoms with Gasteiger partial charge < -0.3 is 15.3 Å². The van der Waals surface area contributed by atoms with Crippen LogP contribution >= 0.6 is 0 Å². The Labute approximate surface area is 108 Å². The summed E-state index contributed by atoms with van der Waals surface area (Å²) in [5.74, 6) is -3.70. The van der Waals surface area contributed by atoms with Crippen LogP contribution in [0.5, 0.6) is 0 Å². The fraction of sp³-hybridized carbons (Fsp3) is 0.250. The van der Waals surface area contributed by atoms with Gasteiger partial charge in [0, 0.05) is 25.2 Å². The number of nitrogens with zero attached hydrogens (tertiary/aromatic N) is 1. The molecule has 104 valence electrons. The number of hydrogen-bond donors (Lipinski definition) is 2. The minimum atomic E-state index is -1.34. The molecular formula is C12H13F3N2O2. The highest BCUT2D eigenvalue weighted by molar-refractivity contribution is 5.89. The predicted octanol–water partition coefficient (Wildman–Crippen LogP) is 2.12. The fourth-order valence-electron chi connectivity index (χ4n) is 1.36. The second-order valence-electron chi connectivity index (χ2n) is 3.63. The highest BCUT2D eigenvalue weighted by Gasteiger charge is 2.16. The quantitative estimate of drug-likeness (QED) is 0.638. The molecule has 0 aliphatic rings. The van der Waals surface area contributed by atoms with Gasteiger partial charge in [-0.15, -0.1) is 6.58 Å². The molecule has 0 aliphatic carbocycles. The van der Waals surface area contributed by atoms with E-state index < -0.39 is 29.2 Å². The molecule has 0 saturated heterocycles. The summed E-state index contributed by atoms with van der Waals surface area (Å²) in [5, 5.41) is 10.9. The molecule has 7 heteroatoms. The van der Waals surface area contributed by atoms with Crippen molar-refractivity contribution in [2.24, 2.45) is 0 Å². The molecule has 0 spiro atoms. The second kappa shape index (κ2) is 6.79. The first-order valence-corrected chi connectivity index (χ1v) is 5.41. The zero-order valence-electron chi connectivity index (χ0n) is 10.00. The van der Waals surface area contributed by atoms with Crippen molar-refractivity contribution in [1.29, 1.82) is 0 Å². The molecule has 0 atom stereocenters. The Kier molecular flexibility index (Phi) is 5.37. The van der Waals surface area contributed by atoms with Crippen molar-refractivity contribution in [3.63, 3.8) is 0 Å². The van der Waals surface area contributed by atoms with Gasteiger partial charge in [0.25, 0.3) is 0 Å². The molecule has 2 amide bonds. The molecule has 0 heterocycles. The van der Waals surface area contributed by atoms with Crippen LogP contribution in [0.1, 0.15) is 0 Å². The van der Waals surface area contributed by atoms with E-state index in [-0.39, 0.29) is 19.7 Å². The Morgan fingerprint density at radius 1 is 1.32 bits per heavy atom. The Hall–Kier alpha value is -2.02. The van der Waals surface area contributed by atoms with Crippen molar-refractivity contribution >= 4 is 11.7 Å². The first-order valence-electron chi connectivity index (χ1n) is 5.41. The van der Waals surface area contributed by atoms with Crippen molar-refractivity contribution < 1.29 is 23.1 Å². The first kappa shape index (κ1) is 15.0. The molecule has 4 nitrogen and oxygen atoms in total. The number of hydrogen-bond acceptors (Lipinski definition) is 2. The van der Waals surface area contributed by atoms with Crippen LogP contribution in [0.2, 0.25) is 0 Å². The normalized spacial score (nSPS) is 10.1. The van der Waals surface area contributed by atoms with Crippen LogP contribution in [-0.2, 0) is 0 Å². The van der Waals surface area contributed by atoms with E-state index in [4.69, 9.17) is 5.11 Å². The van der Waals surface area contributed by atoms with Gasteiger partial charge in [0.2, 0.25) is 0 Å². The standard InChI is InChI=1S/C12H13F3N2O2/c1-2-3-17(4-5-18)12(19)16-11-7-9(14)8(13)6-10(11)15/h2,6-7,18H,1,3-5H2,(H,16,19). The second-order valence-corrected chi connectivity index (χ2v) is 3.63. The number of aliphatic hydroxyl groups is 1. The van der Waals surface area contributed by atoms with Crippen LogP contribution in [-0.4, -0.2) is 35.7 Å². The van der Waals surface area contributed by atoms with E-state index in [9.17, 15) is 18.0 Å². The lowest BCUT2D eigenvalue weighted by Crippen LogP contribution is -2.37. The maximum Gasteiger partial charge on any atom is 0.322 e. The van der Waals surface area contributed by atoms with Gasteiger partial charge in [-0.05, 0) is 0 Å². The van der Waals surface area contributed by atoms with E-state index >= 15 is 0 Å². The van der Waals surface area contributed by atoms with Gasteiger partial charge in [-0.1, -0.05) is 6.08 Å². The summed E-state index contributed by atoms with van der Waals surface area (Å²) in [6.45, 7) is 3.26. The molecule has 19 heavy (non-hydrogen) atoms. The summed E-state index contributed by atoms with van der Waals surface area (Å²) in [7, 11) is 0. The first-order chi connectivity index (χ1) is 8.99. The molecule has 1 rings (SSSR count). The molecule has 1 aromatic rings. The number of aliphatic hydroxyl groups excluding tert-OH is 1. The molecule has 0 radical (unpaired) electrons. The molecule has 0 saturated carbocycles. The fourth-order valence-corrected chi connectivity index (χ4v) is 1.36. The topological polar surface area (TPSA) is 52.6 Å². The number of urea groups is 1. The number of rotatable bonds is 5. The van der Waals surface area contributed by atoms with Crippen molar-refractivity contribution in [2.75, 3.05) is 25.0 Å². The Morgan fingerprint density at radius 3 is 2.53 bits per heavy atom. The van der Waals surface area contributed by atoms with Crippen LogP contribution < -0.4 is 5.32 Å². The van der Waals surface area contributed by atoms with Gasteiger partial charge in [-0.25, -0.2) is 18.0 Å². The maximum absolute atomic E-state index is 13.3. The molecule has 0 fully saturated rings. The SMILES string of the molecule is C=CCN(CCO)C(=O)Nc1cc(F)c(F)cc1F. The minimum absolute atomic E-state index is 0.00312. The van der Waals surface area contributed by atoms with Crippen LogP contribution in [0, 0.1) is 17.5 Å². The highest BCUT2D eigenvalue weighted by atomic mass is 19.2. The Morgan fingerprint density at radius 2 is 1.95 bits per heavy atom. The monoisotopic (exact) mass is 274 g/mol. The lowest BCUT2D eigenvalue weighted by atomic mass is 10.3. The van der Waals surface area contributed by atoms with Crippen LogP contribution in [0.4, 0.5) is 23.7 Å². The van der Waals surface area contributed by atoms with Crippen molar-refractivity contribution in [3.8, 4) is 0 Å². The minimum Gasteiger partial charge on any atom is -0.395 e. The summed E-state index contributed by atoms with van der Waals surface area (Å²) >= 11 is 0. The van der Waals surface area contributed by atoms with Gasteiger partial charge in [-0.3, -0.25) is 0 Å². The average molecular weight is 274 g/mol. The van der Waals surface area contributed by atoms with Gasteiger partial charge in [-0.2, -0.15) is 0 Å². The number of anilines is 1. The number of carbonyl (C=O) groups is 1. The lowest BCUT2D eigenvalue weighted by Gasteiger charge is -2.20. The molecule has 0 unspecified atom stereocenters.